The number of thioether (sulfide) groups is 1. The van der Waals surface area contributed by atoms with E-state index >= 15 is 0 Å². The number of aryl methyl sites for hydroxylation is 2. The van der Waals surface area contributed by atoms with Crippen LogP contribution >= 0.6 is 23.1 Å². The molecule has 0 amide bonds. The van der Waals surface area contributed by atoms with E-state index in [1.165, 1.54) is 5.56 Å². The molecule has 0 spiro atoms. The van der Waals surface area contributed by atoms with E-state index in [9.17, 15) is 4.79 Å². The Balaban J connectivity index is 1.71. The molecule has 4 aromatic rings. The smallest absolute Gasteiger partial charge is 0.263 e. The van der Waals surface area contributed by atoms with Crippen molar-refractivity contribution in [3.8, 4) is 0 Å². The Morgan fingerprint density at radius 2 is 2.06 bits per heavy atom. The number of rotatable bonds is 6. The van der Waals surface area contributed by atoms with Crippen LogP contribution in [0.15, 0.2) is 40.3 Å². The molecule has 0 fully saturated rings. The zero-order valence-electron chi connectivity index (χ0n) is 18.0. The van der Waals surface area contributed by atoms with Crippen LogP contribution in [0.5, 0.6) is 0 Å². The number of hydrogen-bond donors (Lipinski definition) is 0. The van der Waals surface area contributed by atoms with Crippen LogP contribution < -0.4 is 5.56 Å². The Bertz CT molecular complexity index is 1290. The highest BCUT2D eigenvalue weighted by atomic mass is 32.2. The maximum absolute atomic E-state index is 13.8. The normalized spacial score (nSPS) is 16.5. The molecule has 1 aromatic carbocycles. The fourth-order valence-corrected chi connectivity index (χ4v) is 6.19. The summed E-state index contributed by atoms with van der Waals surface area (Å²) in [5.74, 6) is 1.94. The van der Waals surface area contributed by atoms with Gasteiger partial charge in [-0.25, -0.2) is 4.40 Å². The van der Waals surface area contributed by atoms with Gasteiger partial charge >= 0.3 is 0 Å². The van der Waals surface area contributed by atoms with Crippen molar-refractivity contribution >= 4 is 39.1 Å². The van der Waals surface area contributed by atoms with Crippen molar-refractivity contribution in [2.45, 2.75) is 58.0 Å². The van der Waals surface area contributed by atoms with Crippen molar-refractivity contribution in [2.75, 3.05) is 5.75 Å². The van der Waals surface area contributed by atoms with Gasteiger partial charge in [-0.15, -0.1) is 21.5 Å². The van der Waals surface area contributed by atoms with Gasteiger partial charge < -0.3 is 4.74 Å². The number of aromatic nitrogens is 4. The second kappa shape index (κ2) is 8.41. The molecule has 8 heteroatoms. The summed E-state index contributed by atoms with van der Waals surface area (Å²) in [7, 11) is 0. The van der Waals surface area contributed by atoms with Crippen molar-refractivity contribution in [3.63, 3.8) is 0 Å². The van der Waals surface area contributed by atoms with E-state index in [1.54, 1.807) is 23.1 Å². The molecule has 1 aliphatic rings. The third-order valence-electron chi connectivity index (χ3n) is 5.91. The van der Waals surface area contributed by atoms with Gasteiger partial charge in [0.25, 0.3) is 5.56 Å². The second-order valence-corrected chi connectivity index (χ2v) is 10.5. The standard InChI is InChI=1S/C23H26N4O2S2/c1-4-30-23-25-24-22-26(11-10-15-8-6-5-7-9-15)20(28)19-16-12-17(14(2)3)29-13-18(16)31-21(19)27(22)23/h5-9,14,17H,4,10-13H2,1-3H3/t17-/m1/s1. The van der Waals surface area contributed by atoms with E-state index in [-0.39, 0.29) is 11.7 Å². The van der Waals surface area contributed by atoms with Gasteiger partial charge in [0.15, 0.2) is 5.16 Å². The summed E-state index contributed by atoms with van der Waals surface area (Å²) < 4.78 is 10.00. The van der Waals surface area contributed by atoms with Crippen molar-refractivity contribution in [1.29, 1.82) is 0 Å². The van der Waals surface area contributed by atoms with Gasteiger partial charge in [-0.3, -0.25) is 9.36 Å². The molecular formula is C23H26N4O2S2. The summed E-state index contributed by atoms with van der Waals surface area (Å²) in [6.45, 7) is 7.61. The average Bonchev–Trinajstić information content (AvgIpc) is 3.35. The van der Waals surface area contributed by atoms with E-state index in [0.717, 1.165) is 44.4 Å². The molecule has 0 N–H and O–H groups in total. The summed E-state index contributed by atoms with van der Waals surface area (Å²) in [4.78, 5) is 15.9. The third-order valence-corrected chi connectivity index (χ3v) is 7.91. The Hall–Kier alpha value is -2.16. The molecule has 31 heavy (non-hydrogen) atoms. The fourth-order valence-electron chi connectivity index (χ4n) is 4.23. The number of nitrogens with zero attached hydrogens (tertiary/aromatic N) is 4. The first-order chi connectivity index (χ1) is 15.1. The first kappa shape index (κ1) is 20.7. The lowest BCUT2D eigenvalue weighted by molar-refractivity contribution is 0.00200. The molecule has 0 saturated heterocycles. The van der Waals surface area contributed by atoms with E-state index < -0.39 is 0 Å². The van der Waals surface area contributed by atoms with Gasteiger partial charge in [0.1, 0.15) is 4.83 Å². The summed E-state index contributed by atoms with van der Waals surface area (Å²) in [5, 5.41) is 10.5. The topological polar surface area (TPSA) is 61.4 Å². The fraction of sp³-hybridized carbons (Fsp3) is 0.435. The molecule has 0 aliphatic carbocycles. The first-order valence-electron chi connectivity index (χ1n) is 10.8. The number of benzene rings is 1. The highest BCUT2D eigenvalue weighted by Gasteiger charge is 2.29. The molecule has 0 saturated carbocycles. The summed E-state index contributed by atoms with van der Waals surface area (Å²) >= 11 is 3.31. The van der Waals surface area contributed by atoms with Crippen LogP contribution in [-0.4, -0.2) is 31.0 Å². The van der Waals surface area contributed by atoms with Crippen LogP contribution in [0.3, 0.4) is 0 Å². The van der Waals surface area contributed by atoms with Crippen LogP contribution in [-0.2, 0) is 30.7 Å². The third kappa shape index (κ3) is 3.60. The zero-order chi connectivity index (χ0) is 21.5. The minimum absolute atomic E-state index is 0.0424. The number of fused-ring (bicyclic) bond motifs is 5. The number of thiophene rings is 1. The molecule has 6 nitrogen and oxygen atoms in total. The second-order valence-electron chi connectivity index (χ2n) is 8.22. The Labute approximate surface area is 189 Å². The van der Waals surface area contributed by atoms with Gasteiger partial charge in [-0.2, -0.15) is 0 Å². The Kier molecular flexibility index (Phi) is 5.62. The van der Waals surface area contributed by atoms with Crippen LogP contribution in [0.25, 0.3) is 16.0 Å². The van der Waals surface area contributed by atoms with Crippen LogP contribution in [0.2, 0.25) is 0 Å². The maximum Gasteiger partial charge on any atom is 0.263 e. The molecule has 3 aromatic heterocycles. The van der Waals surface area contributed by atoms with Crippen molar-refractivity contribution in [2.24, 2.45) is 5.92 Å². The summed E-state index contributed by atoms with van der Waals surface area (Å²) in [6.07, 6.45) is 1.70. The molecule has 0 bridgehead atoms. The highest BCUT2D eigenvalue weighted by Crippen LogP contribution is 2.37. The lowest BCUT2D eigenvalue weighted by atomic mass is 9.96. The maximum atomic E-state index is 13.8. The van der Waals surface area contributed by atoms with E-state index in [0.29, 0.717) is 24.8 Å². The molecule has 0 unspecified atom stereocenters. The average molecular weight is 455 g/mol. The molecule has 0 radical (unpaired) electrons. The van der Waals surface area contributed by atoms with Crippen molar-refractivity contribution in [3.05, 3.63) is 56.7 Å². The minimum atomic E-state index is 0.0424. The lowest BCUT2D eigenvalue weighted by Crippen LogP contribution is -2.29. The predicted molar refractivity (Wildman–Crippen MR) is 126 cm³/mol. The lowest BCUT2D eigenvalue weighted by Gasteiger charge is -2.26. The molecule has 4 heterocycles. The predicted octanol–water partition coefficient (Wildman–Crippen LogP) is 4.56. The van der Waals surface area contributed by atoms with Gasteiger partial charge in [-0.1, -0.05) is 62.9 Å². The summed E-state index contributed by atoms with van der Waals surface area (Å²) in [5.41, 5.74) is 2.41. The molecule has 1 aliphatic heterocycles. The SMILES string of the molecule is CCSc1nnc2n(CCc3ccccc3)c(=O)c3c4c(sc3n12)CO[C@@H](C(C)C)C4. The minimum Gasteiger partial charge on any atom is -0.372 e. The molecule has 162 valence electrons. The molecule has 1 atom stereocenters. The monoisotopic (exact) mass is 454 g/mol. The van der Waals surface area contributed by atoms with Gasteiger partial charge in [-0.05, 0) is 29.2 Å². The largest absolute Gasteiger partial charge is 0.372 e. The van der Waals surface area contributed by atoms with Crippen LogP contribution in [0.1, 0.15) is 36.8 Å². The van der Waals surface area contributed by atoms with E-state index in [4.69, 9.17) is 4.74 Å². The summed E-state index contributed by atoms with van der Waals surface area (Å²) in [6, 6.07) is 10.3. The zero-order valence-corrected chi connectivity index (χ0v) is 19.6. The van der Waals surface area contributed by atoms with Crippen molar-refractivity contribution in [1.82, 2.24) is 19.2 Å². The van der Waals surface area contributed by atoms with Crippen molar-refractivity contribution < 1.29 is 4.74 Å². The van der Waals surface area contributed by atoms with E-state index in [2.05, 4.69) is 47.5 Å². The van der Waals surface area contributed by atoms with Gasteiger partial charge in [0, 0.05) is 17.8 Å². The first-order valence-corrected chi connectivity index (χ1v) is 12.6. The Morgan fingerprint density at radius 1 is 1.26 bits per heavy atom. The quantitative estimate of drug-likeness (QED) is 0.400. The number of ether oxygens (including phenoxy) is 1. The van der Waals surface area contributed by atoms with E-state index in [1.807, 2.05) is 22.8 Å². The highest BCUT2D eigenvalue weighted by molar-refractivity contribution is 7.99. The van der Waals surface area contributed by atoms with Crippen LogP contribution in [0.4, 0.5) is 0 Å². The molecular weight excluding hydrogens is 428 g/mol. The van der Waals surface area contributed by atoms with Crippen LogP contribution in [0, 0.1) is 5.92 Å². The Morgan fingerprint density at radius 3 is 2.81 bits per heavy atom. The number of hydrogen-bond acceptors (Lipinski definition) is 6. The molecule has 5 rings (SSSR count). The van der Waals surface area contributed by atoms with Gasteiger partial charge in [0.2, 0.25) is 5.78 Å². The van der Waals surface area contributed by atoms with Gasteiger partial charge in [0.05, 0.1) is 18.1 Å².